The molecule has 0 atom stereocenters. The molecular weight excluding hydrogens is 351 g/mol. The van der Waals surface area contributed by atoms with E-state index in [2.05, 4.69) is 15.5 Å². The maximum Gasteiger partial charge on any atom is 0.234 e. The van der Waals surface area contributed by atoms with Gasteiger partial charge in [0.1, 0.15) is 5.82 Å². The van der Waals surface area contributed by atoms with Crippen LogP contribution in [0.2, 0.25) is 0 Å². The van der Waals surface area contributed by atoms with Crippen molar-refractivity contribution in [2.24, 2.45) is 0 Å². The van der Waals surface area contributed by atoms with Crippen LogP contribution >= 0.6 is 11.8 Å². The first-order valence-corrected chi connectivity index (χ1v) is 9.24. The molecule has 0 aliphatic rings. The first-order chi connectivity index (χ1) is 12.6. The standard InChI is InChI=1S/C19H19FN4OS/c1-3-24-18(14-8-10-15(20)11-9-14)22-23-19(24)26-12-17(25)21-16-7-5-4-6-13(16)2/h4-11H,3,12H2,1-2H3,(H,21,25). The summed E-state index contributed by atoms with van der Waals surface area (Å²) in [5, 5.41) is 11.9. The molecule has 1 amide bonds. The summed E-state index contributed by atoms with van der Waals surface area (Å²) in [6.07, 6.45) is 0. The molecule has 134 valence electrons. The number of halogens is 1. The third kappa shape index (κ3) is 4.11. The van der Waals surface area contributed by atoms with Crippen molar-refractivity contribution in [2.45, 2.75) is 25.5 Å². The lowest BCUT2D eigenvalue weighted by molar-refractivity contribution is -0.113. The fourth-order valence-corrected chi connectivity index (χ4v) is 3.32. The number of aromatic nitrogens is 3. The second-order valence-electron chi connectivity index (χ2n) is 5.71. The lowest BCUT2D eigenvalue weighted by Gasteiger charge is -2.09. The Morgan fingerprint density at radius 1 is 1.15 bits per heavy atom. The monoisotopic (exact) mass is 370 g/mol. The number of rotatable bonds is 6. The molecule has 3 rings (SSSR count). The van der Waals surface area contributed by atoms with Crippen molar-refractivity contribution in [3.63, 3.8) is 0 Å². The minimum atomic E-state index is -0.293. The van der Waals surface area contributed by atoms with Gasteiger partial charge in [0.05, 0.1) is 5.75 Å². The highest BCUT2D eigenvalue weighted by atomic mass is 32.2. The summed E-state index contributed by atoms with van der Waals surface area (Å²) >= 11 is 1.33. The molecule has 2 aromatic carbocycles. The van der Waals surface area contributed by atoms with E-state index in [9.17, 15) is 9.18 Å². The smallest absolute Gasteiger partial charge is 0.234 e. The van der Waals surface area contributed by atoms with Crippen molar-refractivity contribution in [3.8, 4) is 11.4 Å². The van der Waals surface area contributed by atoms with Crippen LogP contribution in [0.1, 0.15) is 12.5 Å². The number of anilines is 1. The van der Waals surface area contributed by atoms with Crippen molar-refractivity contribution in [2.75, 3.05) is 11.1 Å². The average molecular weight is 370 g/mol. The van der Waals surface area contributed by atoms with E-state index < -0.39 is 0 Å². The number of nitrogens with zero attached hydrogens (tertiary/aromatic N) is 3. The first kappa shape index (κ1) is 18.1. The van der Waals surface area contributed by atoms with Gasteiger partial charge in [-0.15, -0.1) is 10.2 Å². The lowest BCUT2D eigenvalue weighted by Crippen LogP contribution is -2.15. The highest BCUT2D eigenvalue weighted by Gasteiger charge is 2.15. The van der Waals surface area contributed by atoms with E-state index in [1.807, 2.05) is 42.7 Å². The van der Waals surface area contributed by atoms with Gasteiger partial charge in [-0.1, -0.05) is 30.0 Å². The molecule has 0 unspecified atom stereocenters. The number of hydrogen-bond donors (Lipinski definition) is 1. The molecule has 26 heavy (non-hydrogen) atoms. The number of nitrogens with one attached hydrogen (secondary N) is 1. The summed E-state index contributed by atoms with van der Waals surface area (Å²) < 4.78 is 15.0. The highest BCUT2D eigenvalue weighted by Crippen LogP contribution is 2.24. The molecule has 1 heterocycles. The number of carbonyl (C=O) groups excluding carboxylic acids is 1. The summed E-state index contributed by atoms with van der Waals surface area (Å²) in [4.78, 5) is 12.2. The normalized spacial score (nSPS) is 10.7. The van der Waals surface area contributed by atoms with Gasteiger partial charge in [0.15, 0.2) is 11.0 Å². The van der Waals surface area contributed by atoms with Crippen molar-refractivity contribution in [1.29, 1.82) is 0 Å². The molecule has 0 saturated carbocycles. The van der Waals surface area contributed by atoms with Gasteiger partial charge in [0.25, 0.3) is 0 Å². The Bertz CT molecular complexity index is 908. The first-order valence-electron chi connectivity index (χ1n) is 8.26. The van der Waals surface area contributed by atoms with Crippen molar-refractivity contribution >= 4 is 23.4 Å². The van der Waals surface area contributed by atoms with E-state index in [1.165, 1.54) is 23.9 Å². The number of para-hydroxylation sites is 1. The zero-order valence-corrected chi connectivity index (χ0v) is 15.4. The minimum Gasteiger partial charge on any atom is -0.325 e. The van der Waals surface area contributed by atoms with E-state index >= 15 is 0 Å². The second-order valence-corrected chi connectivity index (χ2v) is 6.65. The number of amides is 1. The van der Waals surface area contributed by atoms with Crippen LogP contribution in [-0.4, -0.2) is 26.4 Å². The maximum atomic E-state index is 13.1. The Morgan fingerprint density at radius 3 is 2.58 bits per heavy atom. The summed E-state index contributed by atoms with van der Waals surface area (Å²) in [6, 6.07) is 13.8. The number of benzene rings is 2. The number of thioether (sulfide) groups is 1. The molecule has 0 spiro atoms. The van der Waals surface area contributed by atoms with Crippen LogP contribution in [0, 0.1) is 12.7 Å². The molecule has 1 aromatic heterocycles. The van der Waals surface area contributed by atoms with E-state index in [4.69, 9.17) is 0 Å². The van der Waals surface area contributed by atoms with Crippen LogP contribution in [0.3, 0.4) is 0 Å². The Morgan fingerprint density at radius 2 is 1.88 bits per heavy atom. The van der Waals surface area contributed by atoms with E-state index in [-0.39, 0.29) is 17.5 Å². The molecule has 3 aromatic rings. The molecule has 0 saturated heterocycles. The van der Waals surface area contributed by atoms with Gasteiger partial charge in [-0.05, 0) is 49.7 Å². The lowest BCUT2D eigenvalue weighted by atomic mass is 10.2. The molecule has 7 heteroatoms. The van der Waals surface area contributed by atoms with Crippen molar-refractivity contribution in [1.82, 2.24) is 14.8 Å². The summed E-state index contributed by atoms with van der Waals surface area (Å²) in [5.74, 6) is 0.502. The van der Waals surface area contributed by atoms with Gasteiger partial charge < -0.3 is 9.88 Å². The molecule has 5 nitrogen and oxygen atoms in total. The van der Waals surface area contributed by atoms with Crippen LogP contribution in [0.25, 0.3) is 11.4 Å². The molecule has 0 bridgehead atoms. The highest BCUT2D eigenvalue weighted by molar-refractivity contribution is 7.99. The van der Waals surface area contributed by atoms with E-state index in [0.29, 0.717) is 17.5 Å². The Kier molecular flexibility index (Phi) is 5.68. The van der Waals surface area contributed by atoms with Gasteiger partial charge in [-0.2, -0.15) is 0 Å². The van der Waals surface area contributed by atoms with Crippen LogP contribution < -0.4 is 5.32 Å². The van der Waals surface area contributed by atoms with Crippen LogP contribution in [-0.2, 0) is 11.3 Å². The summed E-state index contributed by atoms with van der Waals surface area (Å²) in [6.45, 7) is 4.58. The van der Waals surface area contributed by atoms with Gasteiger partial charge in [0, 0.05) is 17.8 Å². The van der Waals surface area contributed by atoms with Gasteiger partial charge >= 0.3 is 0 Å². The van der Waals surface area contributed by atoms with Crippen LogP contribution in [0.4, 0.5) is 10.1 Å². The SMILES string of the molecule is CCn1c(SCC(=O)Nc2ccccc2C)nnc1-c1ccc(F)cc1. The Balaban J connectivity index is 1.69. The Labute approximate surface area is 155 Å². The predicted octanol–water partition coefficient (Wildman–Crippen LogP) is 4.14. The van der Waals surface area contributed by atoms with Gasteiger partial charge in [-0.3, -0.25) is 4.79 Å². The Hall–Kier alpha value is -2.67. The predicted molar refractivity (Wildman–Crippen MR) is 102 cm³/mol. The zero-order chi connectivity index (χ0) is 18.5. The molecule has 0 aliphatic carbocycles. The average Bonchev–Trinajstić information content (AvgIpc) is 3.05. The fraction of sp³-hybridized carbons (Fsp3) is 0.211. The van der Waals surface area contributed by atoms with Crippen LogP contribution in [0.15, 0.2) is 53.7 Å². The van der Waals surface area contributed by atoms with E-state index in [0.717, 1.165) is 16.8 Å². The number of aryl methyl sites for hydroxylation is 1. The van der Waals surface area contributed by atoms with Gasteiger partial charge in [-0.25, -0.2) is 4.39 Å². The third-order valence-corrected chi connectivity index (χ3v) is 4.85. The van der Waals surface area contributed by atoms with Gasteiger partial charge in [0.2, 0.25) is 5.91 Å². The summed E-state index contributed by atoms with van der Waals surface area (Å²) in [5.41, 5.74) is 2.61. The quantitative estimate of drug-likeness (QED) is 0.663. The molecule has 0 aliphatic heterocycles. The molecule has 1 N–H and O–H groups in total. The largest absolute Gasteiger partial charge is 0.325 e. The third-order valence-electron chi connectivity index (χ3n) is 3.89. The molecule has 0 radical (unpaired) electrons. The number of carbonyl (C=O) groups is 1. The number of hydrogen-bond acceptors (Lipinski definition) is 4. The summed E-state index contributed by atoms with van der Waals surface area (Å²) in [7, 11) is 0. The van der Waals surface area contributed by atoms with Crippen molar-refractivity contribution in [3.05, 3.63) is 59.9 Å². The fourth-order valence-electron chi connectivity index (χ4n) is 2.52. The topological polar surface area (TPSA) is 59.8 Å². The molecular formula is C19H19FN4OS. The maximum absolute atomic E-state index is 13.1. The minimum absolute atomic E-state index is 0.0988. The second kappa shape index (κ2) is 8.14. The zero-order valence-electron chi connectivity index (χ0n) is 14.6. The van der Waals surface area contributed by atoms with Crippen LogP contribution in [0.5, 0.6) is 0 Å². The van der Waals surface area contributed by atoms with Crippen molar-refractivity contribution < 1.29 is 9.18 Å². The molecule has 0 fully saturated rings. The van der Waals surface area contributed by atoms with E-state index in [1.54, 1.807) is 12.1 Å².